The number of benzene rings is 3. The fourth-order valence-corrected chi connectivity index (χ4v) is 6.92. The third-order valence-corrected chi connectivity index (χ3v) is 8.67. The first kappa shape index (κ1) is 20.8. The number of carbonyl (C=O) groups is 2. The predicted molar refractivity (Wildman–Crippen MR) is 128 cm³/mol. The largest absolute Gasteiger partial charge is 0.293 e. The number of hydrogen-bond donors (Lipinski definition) is 0. The van der Waals surface area contributed by atoms with Crippen molar-refractivity contribution in [2.24, 2.45) is 11.8 Å². The Labute approximate surface area is 197 Å². The molecule has 0 aromatic heterocycles. The van der Waals surface area contributed by atoms with Crippen LogP contribution in [0.3, 0.4) is 0 Å². The average Bonchev–Trinajstić information content (AvgIpc) is 3.10. The van der Waals surface area contributed by atoms with Gasteiger partial charge in [0, 0.05) is 16.9 Å². The van der Waals surface area contributed by atoms with Gasteiger partial charge in [0.05, 0.1) is 16.8 Å². The van der Waals surface area contributed by atoms with Crippen molar-refractivity contribution in [1.82, 2.24) is 0 Å². The molecule has 0 N–H and O–H groups in total. The first-order chi connectivity index (χ1) is 16.1. The van der Waals surface area contributed by atoms with Crippen molar-refractivity contribution in [3.63, 3.8) is 0 Å². The molecule has 2 amide bonds. The van der Waals surface area contributed by atoms with Crippen molar-refractivity contribution < 1.29 is 14.5 Å². The van der Waals surface area contributed by atoms with Gasteiger partial charge in [0.15, 0.2) is 0 Å². The predicted octanol–water partition coefficient (Wildman–Crippen LogP) is 4.96. The smallest absolute Gasteiger partial charge is 0.274 e. The Kier molecular flexibility index (Phi) is 3.92. The Hall–Kier alpha value is -3.80. The molecule has 170 valence electrons. The maximum absolute atomic E-state index is 14.2. The van der Waals surface area contributed by atoms with Crippen molar-refractivity contribution in [2.45, 2.75) is 38.5 Å². The van der Waals surface area contributed by atoms with Crippen molar-refractivity contribution >= 4 is 23.2 Å². The fourth-order valence-electron chi connectivity index (χ4n) is 6.92. The molecule has 0 spiro atoms. The number of carbonyl (C=O) groups excluding carboxylic acids is 2. The Bertz CT molecular complexity index is 1340. The third kappa shape index (κ3) is 2.16. The van der Waals surface area contributed by atoms with Gasteiger partial charge < -0.3 is 0 Å². The number of anilines is 1. The van der Waals surface area contributed by atoms with Gasteiger partial charge in [-0.3, -0.25) is 19.7 Å². The maximum Gasteiger partial charge on any atom is 0.293 e. The molecule has 2 atom stereocenters. The van der Waals surface area contributed by atoms with Gasteiger partial charge in [-0.15, -0.1) is 0 Å². The van der Waals surface area contributed by atoms with Crippen molar-refractivity contribution in [2.75, 3.05) is 4.90 Å². The lowest BCUT2D eigenvalue weighted by Gasteiger charge is -2.57. The van der Waals surface area contributed by atoms with Gasteiger partial charge in [0.25, 0.3) is 5.69 Å². The van der Waals surface area contributed by atoms with Crippen molar-refractivity contribution in [3.8, 4) is 0 Å². The highest BCUT2D eigenvalue weighted by atomic mass is 16.6. The summed E-state index contributed by atoms with van der Waals surface area (Å²) in [5.41, 5.74) is 4.15. The lowest BCUT2D eigenvalue weighted by atomic mass is 9.42. The molecule has 1 saturated heterocycles. The summed E-state index contributed by atoms with van der Waals surface area (Å²) in [6, 6.07) is 19.2. The molecule has 34 heavy (non-hydrogen) atoms. The standard InChI is InChI=1S/C28H24N2O4/c1-15-13-21(22(30(33)34)14-16(15)2)29-25(31)23-24(26(29)32)28(4)19-11-7-5-9-17(19)27(23,3)18-10-6-8-12-20(18)28/h5-14,23-24H,1-4H3. The van der Waals surface area contributed by atoms with Crippen LogP contribution in [0.2, 0.25) is 0 Å². The van der Waals surface area contributed by atoms with E-state index in [1.807, 2.05) is 45.0 Å². The number of nitro benzene ring substituents is 1. The summed E-state index contributed by atoms with van der Waals surface area (Å²) in [5.74, 6) is -2.01. The van der Waals surface area contributed by atoms with Crippen LogP contribution in [0.5, 0.6) is 0 Å². The van der Waals surface area contributed by atoms with E-state index in [1.54, 1.807) is 13.0 Å². The van der Waals surface area contributed by atoms with Crippen LogP contribution >= 0.6 is 0 Å². The number of imide groups is 1. The molecule has 1 heterocycles. The molecule has 2 unspecified atom stereocenters. The molecule has 4 aliphatic rings. The SMILES string of the molecule is Cc1cc(N2C(=O)C3C(C2=O)C2(C)c4ccccc4C3(C)c3ccccc32)c([N+](=O)[O-])cc1C. The van der Waals surface area contributed by atoms with Gasteiger partial charge in [0.1, 0.15) is 5.69 Å². The third-order valence-electron chi connectivity index (χ3n) is 8.67. The summed E-state index contributed by atoms with van der Waals surface area (Å²) in [6.45, 7) is 7.71. The molecule has 1 aliphatic heterocycles. The van der Waals surface area contributed by atoms with Gasteiger partial charge in [-0.25, -0.2) is 4.90 Å². The van der Waals surface area contributed by atoms with Crippen LogP contribution in [-0.4, -0.2) is 16.7 Å². The summed E-state index contributed by atoms with van der Waals surface area (Å²) in [6.07, 6.45) is 0. The van der Waals surface area contributed by atoms with E-state index in [1.165, 1.54) is 6.07 Å². The average molecular weight is 453 g/mol. The van der Waals surface area contributed by atoms with E-state index in [9.17, 15) is 19.7 Å². The molecule has 6 heteroatoms. The number of aryl methyl sites for hydroxylation is 2. The van der Waals surface area contributed by atoms with Gasteiger partial charge >= 0.3 is 0 Å². The first-order valence-corrected chi connectivity index (χ1v) is 11.5. The molecule has 3 aliphatic carbocycles. The molecule has 0 radical (unpaired) electrons. The number of amides is 2. The van der Waals surface area contributed by atoms with E-state index in [2.05, 4.69) is 24.3 Å². The molecule has 0 saturated carbocycles. The minimum atomic E-state index is -0.717. The minimum Gasteiger partial charge on any atom is -0.274 e. The van der Waals surface area contributed by atoms with E-state index in [0.29, 0.717) is 0 Å². The van der Waals surface area contributed by atoms with E-state index >= 15 is 0 Å². The van der Waals surface area contributed by atoms with Crippen LogP contribution in [0.1, 0.15) is 47.2 Å². The zero-order valence-corrected chi connectivity index (χ0v) is 19.5. The Morgan fingerprint density at radius 3 is 1.53 bits per heavy atom. The quantitative estimate of drug-likeness (QED) is 0.313. The summed E-state index contributed by atoms with van der Waals surface area (Å²) in [4.78, 5) is 40.9. The van der Waals surface area contributed by atoms with Crippen LogP contribution in [0.25, 0.3) is 0 Å². The zero-order chi connectivity index (χ0) is 24.2. The highest BCUT2D eigenvalue weighted by Gasteiger charge is 2.71. The lowest BCUT2D eigenvalue weighted by molar-refractivity contribution is -0.384. The molecule has 3 aromatic rings. The fraction of sp³-hybridized carbons (Fsp3) is 0.286. The number of nitrogens with zero attached hydrogens (tertiary/aromatic N) is 2. The first-order valence-electron chi connectivity index (χ1n) is 11.5. The Morgan fingerprint density at radius 2 is 1.15 bits per heavy atom. The van der Waals surface area contributed by atoms with Crippen LogP contribution in [0.4, 0.5) is 11.4 Å². The van der Waals surface area contributed by atoms with Crippen molar-refractivity contribution in [1.29, 1.82) is 0 Å². The second kappa shape index (κ2) is 6.41. The molecule has 3 aromatic carbocycles. The molecule has 1 fully saturated rings. The van der Waals surface area contributed by atoms with Gasteiger partial charge in [-0.1, -0.05) is 62.4 Å². The second-order valence-corrected chi connectivity index (χ2v) is 10.1. The lowest BCUT2D eigenvalue weighted by Crippen LogP contribution is -2.59. The van der Waals surface area contributed by atoms with Crippen LogP contribution < -0.4 is 4.90 Å². The highest BCUT2D eigenvalue weighted by Crippen LogP contribution is 2.66. The van der Waals surface area contributed by atoms with E-state index in [-0.39, 0.29) is 23.2 Å². The Balaban J connectivity index is 1.65. The highest BCUT2D eigenvalue weighted by molar-refractivity contribution is 6.25. The summed E-state index contributed by atoms with van der Waals surface area (Å²) in [5, 5.41) is 12.0. The van der Waals surface area contributed by atoms with Crippen molar-refractivity contribution in [3.05, 3.63) is 104 Å². The summed E-state index contributed by atoms with van der Waals surface area (Å²) < 4.78 is 0. The normalized spacial score (nSPS) is 28.5. The number of hydrogen-bond acceptors (Lipinski definition) is 4. The molecule has 6 nitrogen and oxygen atoms in total. The summed E-state index contributed by atoms with van der Waals surface area (Å²) in [7, 11) is 0. The van der Waals surface area contributed by atoms with Gasteiger partial charge in [-0.05, 0) is 53.3 Å². The Morgan fingerprint density at radius 1 is 0.765 bits per heavy atom. The van der Waals surface area contributed by atoms with Gasteiger partial charge in [-0.2, -0.15) is 0 Å². The van der Waals surface area contributed by atoms with E-state index in [0.717, 1.165) is 38.3 Å². The van der Waals surface area contributed by atoms with Crippen LogP contribution in [0, 0.1) is 35.8 Å². The molecular weight excluding hydrogens is 428 g/mol. The zero-order valence-electron chi connectivity index (χ0n) is 19.5. The molecule has 2 bridgehead atoms. The van der Waals surface area contributed by atoms with Gasteiger partial charge in [0.2, 0.25) is 11.8 Å². The summed E-state index contributed by atoms with van der Waals surface area (Å²) >= 11 is 0. The van der Waals surface area contributed by atoms with E-state index < -0.39 is 27.6 Å². The minimum absolute atomic E-state index is 0.0669. The number of nitro groups is 1. The van der Waals surface area contributed by atoms with Crippen LogP contribution in [-0.2, 0) is 20.4 Å². The van der Waals surface area contributed by atoms with E-state index in [4.69, 9.17) is 0 Å². The number of rotatable bonds is 2. The molecule has 7 rings (SSSR count). The topological polar surface area (TPSA) is 80.5 Å². The molecular formula is C28H24N2O4. The monoisotopic (exact) mass is 452 g/mol. The second-order valence-electron chi connectivity index (χ2n) is 10.1. The maximum atomic E-state index is 14.2. The van der Waals surface area contributed by atoms with Crippen LogP contribution in [0.15, 0.2) is 60.7 Å².